The average Bonchev–Trinajstić information content (AvgIpc) is 2.88. The predicted octanol–water partition coefficient (Wildman–Crippen LogP) is 1.77. The van der Waals surface area contributed by atoms with E-state index in [2.05, 4.69) is 37.7 Å². The molecule has 2 aromatic heterocycles. The summed E-state index contributed by atoms with van der Waals surface area (Å²) in [5.74, 6) is 1.44. The Balaban J connectivity index is 1.94. The third-order valence-electron chi connectivity index (χ3n) is 3.66. The van der Waals surface area contributed by atoms with E-state index in [0.29, 0.717) is 5.95 Å². The number of nitrogens with zero attached hydrogens (tertiary/aromatic N) is 3. The molecule has 108 valence electrons. The average molecular weight is 276 g/mol. The summed E-state index contributed by atoms with van der Waals surface area (Å²) in [4.78, 5) is 8.96. The Labute approximate surface area is 117 Å². The summed E-state index contributed by atoms with van der Waals surface area (Å²) in [5, 5.41) is 14.6. The molecule has 0 spiro atoms. The quantitative estimate of drug-likeness (QED) is 0.788. The molecule has 0 radical (unpaired) electrons. The lowest BCUT2D eigenvalue weighted by molar-refractivity contribution is 0.0657. The third-order valence-corrected chi connectivity index (χ3v) is 3.66. The number of fused-ring (bicyclic) bond motifs is 1. The van der Waals surface area contributed by atoms with E-state index in [0.717, 1.165) is 49.5 Å². The van der Waals surface area contributed by atoms with Crippen molar-refractivity contribution in [3.8, 4) is 0 Å². The van der Waals surface area contributed by atoms with Gasteiger partial charge in [0.05, 0.1) is 11.6 Å². The van der Waals surface area contributed by atoms with Crippen LogP contribution in [0.4, 0.5) is 11.8 Å². The summed E-state index contributed by atoms with van der Waals surface area (Å²) in [6, 6.07) is 0. The van der Waals surface area contributed by atoms with Crippen LogP contribution in [0.3, 0.4) is 0 Å². The summed E-state index contributed by atoms with van der Waals surface area (Å²) in [7, 11) is 0. The van der Waals surface area contributed by atoms with Crippen molar-refractivity contribution >= 4 is 22.8 Å². The van der Waals surface area contributed by atoms with Crippen molar-refractivity contribution in [2.75, 3.05) is 30.4 Å². The third kappa shape index (κ3) is 2.53. The van der Waals surface area contributed by atoms with Crippen LogP contribution in [-0.2, 0) is 4.74 Å². The van der Waals surface area contributed by atoms with Crippen LogP contribution in [0.2, 0.25) is 0 Å². The Morgan fingerprint density at radius 3 is 2.90 bits per heavy atom. The summed E-state index contributed by atoms with van der Waals surface area (Å²) in [6.45, 7) is 6.57. The highest BCUT2D eigenvalue weighted by Crippen LogP contribution is 2.28. The van der Waals surface area contributed by atoms with Gasteiger partial charge < -0.3 is 15.4 Å². The van der Waals surface area contributed by atoms with E-state index < -0.39 is 0 Å². The maximum Gasteiger partial charge on any atom is 0.226 e. The second-order valence-corrected chi connectivity index (χ2v) is 5.36. The minimum atomic E-state index is 0.000286. The van der Waals surface area contributed by atoms with Crippen molar-refractivity contribution < 1.29 is 4.74 Å². The fourth-order valence-corrected chi connectivity index (χ4v) is 2.40. The molecule has 1 aliphatic rings. The fraction of sp³-hybridized carbons (Fsp3) is 0.615. The van der Waals surface area contributed by atoms with Gasteiger partial charge in [-0.1, -0.05) is 0 Å². The van der Waals surface area contributed by atoms with Gasteiger partial charge >= 0.3 is 0 Å². The standard InChI is InChI=1S/C13H20N6O/c1-3-14-12-16-10(9-8-15-19-11(9)17-12)18-13(2)4-6-20-7-5-13/h8H,3-7H2,1-2H3,(H3,14,15,16,17,18,19). The maximum atomic E-state index is 5.43. The van der Waals surface area contributed by atoms with Gasteiger partial charge in [-0.05, 0) is 26.7 Å². The number of ether oxygens (including phenoxy) is 1. The van der Waals surface area contributed by atoms with Crippen LogP contribution < -0.4 is 10.6 Å². The number of aromatic amines is 1. The van der Waals surface area contributed by atoms with Crippen molar-refractivity contribution in [3.05, 3.63) is 6.20 Å². The van der Waals surface area contributed by atoms with Gasteiger partial charge in [-0.25, -0.2) is 0 Å². The van der Waals surface area contributed by atoms with E-state index in [1.54, 1.807) is 6.20 Å². The molecule has 0 aromatic carbocycles. The van der Waals surface area contributed by atoms with Crippen LogP contribution in [0.5, 0.6) is 0 Å². The molecule has 3 heterocycles. The van der Waals surface area contributed by atoms with Gasteiger partial charge in [0.1, 0.15) is 5.82 Å². The highest BCUT2D eigenvalue weighted by Gasteiger charge is 2.28. The highest BCUT2D eigenvalue weighted by atomic mass is 16.5. The number of anilines is 2. The zero-order valence-corrected chi connectivity index (χ0v) is 11.9. The molecule has 0 amide bonds. The summed E-state index contributed by atoms with van der Waals surface area (Å²) in [6.07, 6.45) is 3.69. The number of nitrogens with one attached hydrogen (secondary N) is 3. The van der Waals surface area contributed by atoms with E-state index in [1.807, 2.05) is 6.92 Å². The van der Waals surface area contributed by atoms with Crippen LogP contribution in [0.15, 0.2) is 6.20 Å². The molecule has 3 N–H and O–H groups in total. The number of rotatable bonds is 4. The molecule has 0 bridgehead atoms. The van der Waals surface area contributed by atoms with Crippen molar-refractivity contribution in [2.24, 2.45) is 0 Å². The molecule has 0 atom stereocenters. The van der Waals surface area contributed by atoms with Crippen LogP contribution in [-0.4, -0.2) is 45.5 Å². The van der Waals surface area contributed by atoms with E-state index in [9.17, 15) is 0 Å². The normalized spacial score (nSPS) is 18.1. The van der Waals surface area contributed by atoms with E-state index in [4.69, 9.17) is 4.74 Å². The molecule has 1 saturated heterocycles. The molecular weight excluding hydrogens is 256 g/mol. The largest absolute Gasteiger partial charge is 0.381 e. The molecule has 20 heavy (non-hydrogen) atoms. The first-order valence-corrected chi connectivity index (χ1v) is 7.01. The molecule has 0 saturated carbocycles. The minimum absolute atomic E-state index is 0.000286. The molecule has 2 aromatic rings. The van der Waals surface area contributed by atoms with Crippen LogP contribution in [0.25, 0.3) is 11.0 Å². The molecule has 7 heteroatoms. The molecule has 1 aliphatic heterocycles. The summed E-state index contributed by atoms with van der Waals surface area (Å²) in [5.41, 5.74) is 0.745. The maximum absolute atomic E-state index is 5.43. The van der Waals surface area contributed by atoms with Gasteiger partial charge in [0.2, 0.25) is 5.95 Å². The van der Waals surface area contributed by atoms with Gasteiger partial charge in [-0.15, -0.1) is 0 Å². The Morgan fingerprint density at radius 2 is 2.15 bits per heavy atom. The van der Waals surface area contributed by atoms with Crippen LogP contribution in [0, 0.1) is 0 Å². The summed E-state index contributed by atoms with van der Waals surface area (Å²) < 4.78 is 5.43. The second kappa shape index (κ2) is 5.24. The van der Waals surface area contributed by atoms with E-state index >= 15 is 0 Å². The van der Waals surface area contributed by atoms with Gasteiger partial charge in [0, 0.05) is 25.3 Å². The molecule has 3 rings (SSSR count). The SMILES string of the molecule is CCNc1nc(NC2(C)CCOCC2)c2cn[nH]c2n1. The first-order chi connectivity index (χ1) is 9.70. The topological polar surface area (TPSA) is 87.8 Å². The Kier molecular flexibility index (Phi) is 3.43. The van der Waals surface area contributed by atoms with E-state index in [1.165, 1.54) is 0 Å². The fourth-order valence-electron chi connectivity index (χ4n) is 2.40. The van der Waals surface area contributed by atoms with Crippen molar-refractivity contribution in [1.29, 1.82) is 0 Å². The second-order valence-electron chi connectivity index (χ2n) is 5.36. The molecular formula is C13H20N6O. The monoisotopic (exact) mass is 276 g/mol. The first kappa shape index (κ1) is 13.1. The Morgan fingerprint density at radius 1 is 1.35 bits per heavy atom. The van der Waals surface area contributed by atoms with Crippen molar-refractivity contribution in [2.45, 2.75) is 32.2 Å². The Bertz CT molecular complexity index is 590. The molecule has 0 aliphatic carbocycles. The lowest BCUT2D eigenvalue weighted by Crippen LogP contribution is -2.41. The molecule has 1 fully saturated rings. The number of aromatic nitrogens is 4. The first-order valence-electron chi connectivity index (χ1n) is 7.01. The van der Waals surface area contributed by atoms with E-state index in [-0.39, 0.29) is 5.54 Å². The van der Waals surface area contributed by atoms with Crippen molar-refractivity contribution in [1.82, 2.24) is 20.2 Å². The number of H-pyrrole nitrogens is 1. The van der Waals surface area contributed by atoms with Crippen molar-refractivity contribution in [3.63, 3.8) is 0 Å². The zero-order chi connectivity index (χ0) is 14.0. The van der Waals surface area contributed by atoms with Gasteiger partial charge in [0.25, 0.3) is 0 Å². The Hall–Kier alpha value is -1.89. The summed E-state index contributed by atoms with van der Waals surface area (Å²) >= 11 is 0. The predicted molar refractivity (Wildman–Crippen MR) is 77.9 cm³/mol. The van der Waals surface area contributed by atoms with Crippen LogP contribution in [0.1, 0.15) is 26.7 Å². The molecule has 0 unspecified atom stereocenters. The van der Waals surface area contributed by atoms with Crippen LogP contribution >= 0.6 is 0 Å². The van der Waals surface area contributed by atoms with Gasteiger partial charge in [-0.3, -0.25) is 5.10 Å². The lowest BCUT2D eigenvalue weighted by Gasteiger charge is -2.35. The molecule has 7 nitrogen and oxygen atoms in total. The minimum Gasteiger partial charge on any atom is -0.381 e. The zero-order valence-electron chi connectivity index (χ0n) is 11.9. The number of hydrogen-bond donors (Lipinski definition) is 3. The highest BCUT2D eigenvalue weighted by molar-refractivity contribution is 5.87. The lowest BCUT2D eigenvalue weighted by atomic mass is 9.92. The van der Waals surface area contributed by atoms with Gasteiger partial charge in [-0.2, -0.15) is 15.1 Å². The smallest absolute Gasteiger partial charge is 0.226 e. The van der Waals surface area contributed by atoms with Gasteiger partial charge in [0.15, 0.2) is 5.65 Å². The number of hydrogen-bond acceptors (Lipinski definition) is 6.